The Morgan fingerprint density at radius 1 is 0.676 bits per heavy atom. The molecule has 0 N–H and O–H groups in total. The predicted molar refractivity (Wildman–Crippen MR) is 138 cm³/mol. The molecule has 3 aromatic rings. The van der Waals surface area contributed by atoms with Crippen molar-refractivity contribution in [2.75, 3.05) is 13.1 Å². The Balaban J connectivity index is 1.35. The Hall–Kier alpha value is -3.50. The van der Waals surface area contributed by atoms with E-state index in [9.17, 15) is 9.59 Å². The van der Waals surface area contributed by atoms with Crippen molar-refractivity contribution in [3.63, 3.8) is 0 Å². The van der Waals surface area contributed by atoms with Crippen LogP contribution in [0.4, 0.5) is 0 Å². The van der Waals surface area contributed by atoms with Gasteiger partial charge in [0, 0.05) is 6.54 Å². The number of carbonyl (C=O) groups excluding carboxylic acids is 2. The molecule has 34 heavy (non-hydrogen) atoms. The molecule has 0 atom stereocenters. The molecule has 4 nitrogen and oxygen atoms in total. The van der Waals surface area contributed by atoms with Gasteiger partial charge >= 0.3 is 0 Å². The molecule has 0 saturated heterocycles. The maximum atomic E-state index is 12.6. The number of hydrogen-bond donors (Lipinski definition) is 0. The lowest BCUT2D eigenvalue weighted by atomic mass is 10.1. The molecule has 0 spiro atoms. The highest BCUT2D eigenvalue weighted by molar-refractivity contribution is 6.21. The van der Waals surface area contributed by atoms with Gasteiger partial charge in [-0.25, -0.2) is 0 Å². The number of carbonyl (C=O) groups is 2. The van der Waals surface area contributed by atoms with Crippen LogP contribution in [0, 0.1) is 0 Å². The minimum atomic E-state index is -0.222. The van der Waals surface area contributed by atoms with E-state index in [2.05, 4.69) is 55.2 Å². The average Bonchev–Trinajstić information content (AvgIpc) is 3.10. The van der Waals surface area contributed by atoms with Gasteiger partial charge in [0.15, 0.2) is 0 Å². The molecule has 3 aromatic carbocycles. The lowest BCUT2D eigenvalue weighted by Crippen LogP contribution is -2.29. The maximum absolute atomic E-state index is 12.6. The Morgan fingerprint density at radius 3 is 1.62 bits per heavy atom. The summed E-state index contributed by atoms with van der Waals surface area (Å²) in [5.41, 5.74) is 5.49. The number of amides is 2. The zero-order valence-corrected chi connectivity index (χ0v) is 20.0. The second-order valence-electron chi connectivity index (χ2n) is 8.83. The van der Waals surface area contributed by atoms with Crippen molar-refractivity contribution >= 4 is 24.0 Å². The number of imide groups is 1. The van der Waals surface area contributed by atoms with Crippen LogP contribution in [0.25, 0.3) is 12.2 Å². The summed E-state index contributed by atoms with van der Waals surface area (Å²) in [7, 11) is 0. The monoisotopic (exact) mass is 452 g/mol. The van der Waals surface area contributed by atoms with Gasteiger partial charge < -0.3 is 0 Å². The molecule has 0 bridgehead atoms. The molecule has 4 heteroatoms. The van der Waals surface area contributed by atoms with Crippen LogP contribution >= 0.6 is 0 Å². The number of nitrogens with zero attached hydrogens (tertiary/aromatic N) is 2. The Morgan fingerprint density at radius 2 is 1.15 bits per heavy atom. The summed E-state index contributed by atoms with van der Waals surface area (Å²) >= 11 is 0. The predicted octanol–water partition coefficient (Wildman–Crippen LogP) is 6.28. The van der Waals surface area contributed by atoms with E-state index in [0.717, 1.165) is 36.3 Å². The fourth-order valence-electron chi connectivity index (χ4n) is 4.39. The second-order valence-corrected chi connectivity index (χ2v) is 8.83. The number of benzene rings is 3. The molecule has 0 radical (unpaired) electrons. The Labute approximate surface area is 202 Å². The van der Waals surface area contributed by atoms with E-state index in [1.165, 1.54) is 23.3 Å². The zero-order valence-electron chi connectivity index (χ0n) is 20.0. The van der Waals surface area contributed by atoms with Gasteiger partial charge in [-0.1, -0.05) is 86.7 Å². The fourth-order valence-corrected chi connectivity index (χ4v) is 4.39. The van der Waals surface area contributed by atoms with E-state index in [1.54, 1.807) is 24.3 Å². The third kappa shape index (κ3) is 5.52. The van der Waals surface area contributed by atoms with Crippen LogP contribution in [0.5, 0.6) is 0 Å². The molecule has 1 aliphatic heterocycles. The summed E-state index contributed by atoms with van der Waals surface area (Å²) in [6.07, 6.45) is 6.55. The minimum Gasteiger partial charge on any atom is -0.299 e. The van der Waals surface area contributed by atoms with E-state index in [-0.39, 0.29) is 18.4 Å². The highest BCUT2D eigenvalue weighted by Crippen LogP contribution is 2.24. The van der Waals surface area contributed by atoms with Crippen LogP contribution in [-0.2, 0) is 13.1 Å². The van der Waals surface area contributed by atoms with Crippen LogP contribution in [-0.4, -0.2) is 34.7 Å². The number of fused-ring (bicyclic) bond motifs is 1. The van der Waals surface area contributed by atoms with Crippen LogP contribution in [0.2, 0.25) is 0 Å². The van der Waals surface area contributed by atoms with Crippen molar-refractivity contribution in [3.05, 3.63) is 106 Å². The number of hydrogen-bond acceptors (Lipinski definition) is 3. The molecule has 1 aliphatic rings. The molecule has 2 amide bonds. The second kappa shape index (κ2) is 11.1. The smallest absolute Gasteiger partial charge is 0.261 e. The van der Waals surface area contributed by atoms with Gasteiger partial charge in [-0.3, -0.25) is 19.4 Å². The standard InChI is InChI=1S/C30H32N2O2/c1-3-19-31(20-4-2)21-25-15-11-23(12-16-25)9-10-24-13-17-26(18-14-24)22-32-29(33)27-7-5-6-8-28(27)30(32)34/h5-18H,3-4,19-22H2,1-2H3. The first kappa shape index (κ1) is 23.7. The summed E-state index contributed by atoms with van der Waals surface area (Å²) in [5, 5.41) is 0. The van der Waals surface area contributed by atoms with Gasteiger partial charge in [-0.05, 0) is 60.3 Å². The van der Waals surface area contributed by atoms with Crippen molar-refractivity contribution in [2.24, 2.45) is 0 Å². The van der Waals surface area contributed by atoms with Crippen molar-refractivity contribution in [1.29, 1.82) is 0 Å². The summed E-state index contributed by atoms with van der Waals surface area (Å²) < 4.78 is 0. The number of rotatable bonds is 10. The van der Waals surface area contributed by atoms with Crippen LogP contribution in [0.15, 0.2) is 72.8 Å². The molecule has 0 unspecified atom stereocenters. The zero-order chi connectivity index (χ0) is 23.9. The van der Waals surface area contributed by atoms with Gasteiger partial charge in [0.05, 0.1) is 17.7 Å². The summed E-state index contributed by atoms with van der Waals surface area (Å²) in [4.78, 5) is 29.0. The van der Waals surface area contributed by atoms with Gasteiger partial charge in [-0.2, -0.15) is 0 Å². The SMILES string of the molecule is CCCN(CCC)Cc1ccc(C=Cc2ccc(CN3C(=O)c4ccccc4C3=O)cc2)cc1. The van der Waals surface area contributed by atoms with E-state index in [1.807, 2.05) is 24.3 Å². The van der Waals surface area contributed by atoms with Crippen molar-refractivity contribution in [1.82, 2.24) is 9.80 Å². The highest BCUT2D eigenvalue weighted by atomic mass is 16.2. The first-order valence-electron chi connectivity index (χ1n) is 12.1. The molecule has 4 rings (SSSR count). The van der Waals surface area contributed by atoms with Crippen molar-refractivity contribution < 1.29 is 9.59 Å². The van der Waals surface area contributed by atoms with E-state index < -0.39 is 0 Å². The summed E-state index contributed by atoms with van der Waals surface area (Å²) in [5.74, 6) is -0.443. The van der Waals surface area contributed by atoms with E-state index >= 15 is 0 Å². The molecule has 0 aliphatic carbocycles. The van der Waals surface area contributed by atoms with Gasteiger partial charge in [0.1, 0.15) is 0 Å². The highest BCUT2D eigenvalue weighted by Gasteiger charge is 2.34. The average molecular weight is 453 g/mol. The third-order valence-corrected chi connectivity index (χ3v) is 6.13. The van der Waals surface area contributed by atoms with Gasteiger partial charge in [-0.15, -0.1) is 0 Å². The molecule has 0 fully saturated rings. The minimum absolute atomic E-state index is 0.222. The third-order valence-electron chi connectivity index (χ3n) is 6.13. The van der Waals surface area contributed by atoms with Crippen LogP contribution in [0.3, 0.4) is 0 Å². The lowest BCUT2D eigenvalue weighted by molar-refractivity contribution is 0.0642. The molecule has 1 heterocycles. The van der Waals surface area contributed by atoms with Gasteiger partial charge in [0.25, 0.3) is 11.8 Å². The Bertz CT molecular complexity index is 1120. The first-order chi connectivity index (χ1) is 16.6. The van der Waals surface area contributed by atoms with Gasteiger partial charge in [0.2, 0.25) is 0 Å². The van der Waals surface area contributed by atoms with Crippen molar-refractivity contribution in [3.8, 4) is 0 Å². The molecular weight excluding hydrogens is 420 g/mol. The fraction of sp³-hybridized carbons (Fsp3) is 0.267. The normalized spacial score (nSPS) is 13.3. The molecular formula is C30H32N2O2. The molecule has 0 saturated carbocycles. The molecule has 174 valence electrons. The first-order valence-corrected chi connectivity index (χ1v) is 12.1. The quantitative estimate of drug-likeness (QED) is 0.269. The van der Waals surface area contributed by atoms with E-state index in [0.29, 0.717) is 11.1 Å². The summed E-state index contributed by atoms with van der Waals surface area (Å²) in [6.45, 7) is 8.02. The Kier molecular flexibility index (Phi) is 7.71. The van der Waals surface area contributed by atoms with Crippen molar-refractivity contribution in [2.45, 2.75) is 39.8 Å². The summed E-state index contributed by atoms with van der Waals surface area (Å²) in [6, 6.07) is 23.7. The van der Waals surface area contributed by atoms with Crippen LogP contribution in [0.1, 0.15) is 69.7 Å². The largest absolute Gasteiger partial charge is 0.299 e. The lowest BCUT2D eigenvalue weighted by Gasteiger charge is -2.20. The van der Waals surface area contributed by atoms with Crippen LogP contribution < -0.4 is 0 Å². The van der Waals surface area contributed by atoms with E-state index in [4.69, 9.17) is 0 Å². The maximum Gasteiger partial charge on any atom is 0.261 e. The topological polar surface area (TPSA) is 40.6 Å². The molecule has 0 aromatic heterocycles.